The average Bonchev–Trinajstić information content (AvgIpc) is 2.84. The molecule has 1 fully saturated rings. The van der Waals surface area contributed by atoms with E-state index in [1.807, 2.05) is 0 Å². The first-order chi connectivity index (χ1) is 10.3. The van der Waals surface area contributed by atoms with E-state index in [-0.39, 0.29) is 11.7 Å². The summed E-state index contributed by atoms with van der Waals surface area (Å²) in [4.78, 5) is 24.8. The van der Waals surface area contributed by atoms with Crippen molar-refractivity contribution in [2.45, 2.75) is 32.4 Å². The van der Waals surface area contributed by atoms with Crippen molar-refractivity contribution in [1.29, 1.82) is 0 Å². The highest BCUT2D eigenvalue weighted by Gasteiger charge is 2.39. The fraction of sp³-hybridized carbons (Fsp3) is 0.467. The summed E-state index contributed by atoms with van der Waals surface area (Å²) in [6, 6.07) is 2.59. The lowest BCUT2D eigenvalue weighted by molar-refractivity contribution is -0.144. The number of carbonyl (C=O) groups excluding carboxylic acids is 1. The predicted octanol–water partition coefficient (Wildman–Crippen LogP) is 2.05. The number of carboxylic acid groups (broad SMARTS) is 1. The third-order valence-electron chi connectivity index (χ3n) is 3.91. The van der Waals surface area contributed by atoms with Crippen molar-refractivity contribution < 1.29 is 28.2 Å². The Balaban J connectivity index is 2.03. The molecule has 120 valence electrons. The number of ether oxygens (including phenoxy) is 1. The molecule has 0 spiro atoms. The summed E-state index contributed by atoms with van der Waals surface area (Å²) in [6.07, 6.45) is -0.528. The van der Waals surface area contributed by atoms with Crippen molar-refractivity contribution in [2.75, 3.05) is 6.54 Å². The van der Waals surface area contributed by atoms with Crippen LogP contribution in [0.25, 0.3) is 0 Å². The van der Waals surface area contributed by atoms with Crippen LogP contribution in [0.3, 0.4) is 0 Å². The molecule has 22 heavy (non-hydrogen) atoms. The maximum atomic E-state index is 13.1. The molecular weight excluding hydrogens is 296 g/mol. The number of hydrogen-bond donors (Lipinski definition) is 1. The fourth-order valence-electron chi connectivity index (χ4n) is 2.62. The van der Waals surface area contributed by atoms with Gasteiger partial charge in [-0.1, -0.05) is 0 Å². The maximum absolute atomic E-state index is 13.1. The monoisotopic (exact) mass is 313 g/mol. The number of halogens is 2. The number of carbonyl (C=O) groups is 2. The van der Waals surface area contributed by atoms with Gasteiger partial charge in [-0.3, -0.25) is 9.59 Å². The number of hydrogen-bond acceptors (Lipinski definition) is 3. The van der Waals surface area contributed by atoms with Crippen molar-refractivity contribution in [3.8, 4) is 5.75 Å². The minimum Gasteiger partial charge on any atom is -0.481 e. The number of aliphatic carboxylic acids is 1. The van der Waals surface area contributed by atoms with E-state index in [9.17, 15) is 18.4 Å². The molecule has 7 heteroatoms. The van der Waals surface area contributed by atoms with E-state index < -0.39 is 35.7 Å². The van der Waals surface area contributed by atoms with Crippen LogP contribution in [0.4, 0.5) is 8.78 Å². The van der Waals surface area contributed by atoms with Gasteiger partial charge in [0.15, 0.2) is 17.7 Å². The molecule has 0 aliphatic carbocycles. The van der Waals surface area contributed by atoms with Gasteiger partial charge in [-0.25, -0.2) is 8.78 Å². The summed E-state index contributed by atoms with van der Waals surface area (Å²) in [5.41, 5.74) is 0. The van der Waals surface area contributed by atoms with Gasteiger partial charge in [0.2, 0.25) is 0 Å². The number of likely N-dealkylation sites (tertiary alicyclic amines) is 1. The van der Waals surface area contributed by atoms with Crippen molar-refractivity contribution in [2.24, 2.45) is 5.92 Å². The smallest absolute Gasteiger partial charge is 0.308 e. The normalized spacial score (nSPS) is 22.5. The van der Waals surface area contributed by atoms with Gasteiger partial charge in [0.05, 0.1) is 5.92 Å². The lowest BCUT2D eigenvalue weighted by Gasteiger charge is -2.26. The number of rotatable bonds is 4. The quantitative estimate of drug-likeness (QED) is 0.924. The minimum atomic E-state index is -1.06. The summed E-state index contributed by atoms with van der Waals surface area (Å²) < 4.78 is 31.3. The lowest BCUT2D eigenvalue weighted by Crippen LogP contribution is -2.44. The highest BCUT2D eigenvalue weighted by atomic mass is 19.2. The van der Waals surface area contributed by atoms with Gasteiger partial charge < -0.3 is 14.7 Å². The van der Waals surface area contributed by atoms with Crippen LogP contribution in [0.2, 0.25) is 0 Å². The van der Waals surface area contributed by atoms with Crippen molar-refractivity contribution >= 4 is 11.9 Å². The first-order valence-electron chi connectivity index (χ1n) is 6.96. The molecule has 3 unspecified atom stereocenters. The minimum absolute atomic E-state index is 0.0429. The average molecular weight is 313 g/mol. The molecule has 1 N–H and O–H groups in total. The van der Waals surface area contributed by atoms with Gasteiger partial charge in [0.25, 0.3) is 5.91 Å². The molecule has 1 aliphatic rings. The molecule has 1 saturated heterocycles. The van der Waals surface area contributed by atoms with E-state index in [0.29, 0.717) is 13.0 Å². The van der Waals surface area contributed by atoms with Crippen molar-refractivity contribution in [3.63, 3.8) is 0 Å². The second kappa shape index (κ2) is 6.29. The van der Waals surface area contributed by atoms with Crippen LogP contribution in [0, 0.1) is 17.6 Å². The van der Waals surface area contributed by atoms with E-state index in [2.05, 4.69) is 0 Å². The van der Waals surface area contributed by atoms with Gasteiger partial charge in [-0.05, 0) is 32.4 Å². The first kappa shape index (κ1) is 16.2. The van der Waals surface area contributed by atoms with E-state index >= 15 is 0 Å². The Kier molecular flexibility index (Phi) is 4.63. The lowest BCUT2D eigenvalue weighted by atomic mass is 10.0. The highest BCUT2D eigenvalue weighted by molar-refractivity contribution is 5.83. The van der Waals surface area contributed by atoms with Crippen LogP contribution in [0.5, 0.6) is 5.75 Å². The largest absolute Gasteiger partial charge is 0.481 e. The fourth-order valence-corrected chi connectivity index (χ4v) is 2.62. The molecular formula is C15H17F2NO4. The molecule has 5 nitrogen and oxygen atoms in total. The molecule has 0 saturated carbocycles. The summed E-state index contributed by atoms with van der Waals surface area (Å²) in [6.45, 7) is 3.50. The molecule has 1 aromatic carbocycles. The Hall–Kier alpha value is -2.18. The van der Waals surface area contributed by atoms with Crippen LogP contribution >= 0.6 is 0 Å². The molecule has 0 aromatic heterocycles. The van der Waals surface area contributed by atoms with E-state index in [1.165, 1.54) is 17.9 Å². The molecule has 1 amide bonds. The van der Waals surface area contributed by atoms with Crippen LogP contribution in [-0.4, -0.2) is 40.6 Å². The Morgan fingerprint density at radius 1 is 1.36 bits per heavy atom. The second-order valence-electron chi connectivity index (χ2n) is 5.34. The zero-order chi connectivity index (χ0) is 16.4. The molecule has 1 heterocycles. The number of carboxylic acids is 1. The Morgan fingerprint density at radius 3 is 2.59 bits per heavy atom. The standard InChI is InChI=1S/C15H17F2NO4/c1-8-11(15(20)21)5-6-18(8)14(19)9(2)22-10-3-4-12(16)13(17)7-10/h3-4,7-9,11H,5-6H2,1-2H3,(H,20,21). The number of benzene rings is 1. The van der Waals surface area contributed by atoms with Gasteiger partial charge in [0.1, 0.15) is 5.75 Å². The first-order valence-corrected chi connectivity index (χ1v) is 6.96. The predicted molar refractivity (Wildman–Crippen MR) is 73.4 cm³/mol. The van der Waals surface area contributed by atoms with Crippen LogP contribution in [-0.2, 0) is 9.59 Å². The Labute approximate surface area is 126 Å². The van der Waals surface area contributed by atoms with E-state index in [1.54, 1.807) is 6.92 Å². The zero-order valence-corrected chi connectivity index (χ0v) is 12.3. The SMILES string of the molecule is CC(Oc1ccc(F)c(F)c1)C(=O)N1CCC(C(=O)O)C1C. The molecule has 1 aliphatic heterocycles. The molecule has 2 rings (SSSR count). The van der Waals surface area contributed by atoms with Gasteiger partial charge >= 0.3 is 5.97 Å². The van der Waals surface area contributed by atoms with Crippen LogP contribution in [0.15, 0.2) is 18.2 Å². The van der Waals surface area contributed by atoms with E-state index in [0.717, 1.165) is 12.1 Å². The molecule has 0 bridgehead atoms. The number of nitrogens with zero attached hydrogens (tertiary/aromatic N) is 1. The molecule has 3 atom stereocenters. The van der Waals surface area contributed by atoms with Crippen LogP contribution in [0.1, 0.15) is 20.3 Å². The Morgan fingerprint density at radius 2 is 2.05 bits per heavy atom. The zero-order valence-electron chi connectivity index (χ0n) is 12.3. The van der Waals surface area contributed by atoms with Gasteiger partial charge in [-0.15, -0.1) is 0 Å². The molecule has 0 radical (unpaired) electrons. The summed E-state index contributed by atoms with van der Waals surface area (Å²) >= 11 is 0. The van der Waals surface area contributed by atoms with Gasteiger partial charge in [-0.2, -0.15) is 0 Å². The molecule has 1 aromatic rings. The number of amides is 1. The van der Waals surface area contributed by atoms with Crippen molar-refractivity contribution in [3.05, 3.63) is 29.8 Å². The summed E-state index contributed by atoms with van der Waals surface area (Å²) in [5, 5.41) is 9.07. The third kappa shape index (κ3) is 3.18. The van der Waals surface area contributed by atoms with Crippen molar-refractivity contribution in [1.82, 2.24) is 4.90 Å². The van der Waals surface area contributed by atoms with Gasteiger partial charge in [0, 0.05) is 18.7 Å². The van der Waals surface area contributed by atoms with Crippen LogP contribution < -0.4 is 4.74 Å². The van der Waals surface area contributed by atoms with E-state index in [4.69, 9.17) is 9.84 Å². The highest BCUT2D eigenvalue weighted by Crippen LogP contribution is 2.26. The Bertz CT molecular complexity index is 593. The maximum Gasteiger partial charge on any atom is 0.308 e. The summed E-state index contributed by atoms with van der Waals surface area (Å²) in [5.74, 6) is -3.92. The topological polar surface area (TPSA) is 66.8 Å². The third-order valence-corrected chi connectivity index (χ3v) is 3.91. The second-order valence-corrected chi connectivity index (χ2v) is 5.34. The summed E-state index contributed by atoms with van der Waals surface area (Å²) in [7, 11) is 0.